The van der Waals surface area contributed by atoms with Gasteiger partial charge in [-0.1, -0.05) is 0 Å². The summed E-state index contributed by atoms with van der Waals surface area (Å²) in [6, 6.07) is 0. The number of carbonyl (C=O) groups is 1. The van der Waals surface area contributed by atoms with E-state index in [4.69, 9.17) is 9.72 Å². The van der Waals surface area contributed by atoms with Crippen LogP contribution in [0.5, 0.6) is 0 Å². The van der Waals surface area contributed by atoms with Crippen molar-refractivity contribution in [2.24, 2.45) is 0 Å². The van der Waals surface area contributed by atoms with Crippen molar-refractivity contribution in [3.05, 3.63) is 36.3 Å². The molecule has 0 aliphatic carbocycles. The molecule has 0 radical (unpaired) electrons. The second-order valence-electron chi connectivity index (χ2n) is 7.21. The first-order valence-electron chi connectivity index (χ1n) is 9.61. The molecule has 2 fully saturated rings. The number of imidazole rings is 1. The Kier molecular flexibility index (Phi) is 5.45. The summed E-state index contributed by atoms with van der Waals surface area (Å²) in [6.07, 6.45) is 9.43. The molecule has 2 aliphatic rings. The minimum absolute atomic E-state index is 0.202. The van der Waals surface area contributed by atoms with E-state index in [1.807, 2.05) is 28.8 Å². The van der Waals surface area contributed by atoms with E-state index < -0.39 is 0 Å². The second kappa shape index (κ2) is 8.14. The molecule has 8 nitrogen and oxygen atoms in total. The van der Waals surface area contributed by atoms with E-state index in [-0.39, 0.29) is 5.91 Å². The van der Waals surface area contributed by atoms with Gasteiger partial charge in [0.25, 0.3) is 0 Å². The Balaban J connectivity index is 1.42. The second-order valence-corrected chi connectivity index (χ2v) is 7.21. The topological polar surface area (TPSA) is 76.4 Å². The van der Waals surface area contributed by atoms with Gasteiger partial charge in [-0.25, -0.2) is 9.97 Å². The van der Waals surface area contributed by atoms with Gasteiger partial charge in [0.05, 0.1) is 31.6 Å². The number of aromatic nitrogens is 4. The van der Waals surface area contributed by atoms with Crippen LogP contribution < -0.4 is 0 Å². The highest BCUT2D eigenvalue weighted by molar-refractivity contribution is 5.78. The molecule has 2 aliphatic heterocycles. The molecule has 4 heterocycles. The smallest absolute Gasteiger partial charge is 0.236 e. The van der Waals surface area contributed by atoms with Crippen molar-refractivity contribution in [1.29, 1.82) is 0 Å². The summed E-state index contributed by atoms with van der Waals surface area (Å²) >= 11 is 0. The van der Waals surface area contributed by atoms with Gasteiger partial charge in [0.2, 0.25) is 5.91 Å². The number of carbonyl (C=O) groups excluding carboxylic acids is 1. The lowest BCUT2D eigenvalue weighted by Gasteiger charge is -2.34. The molecule has 0 unspecified atom stereocenters. The molecule has 8 heteroatoms. The zero-order chi connectivity index (χ0) is 18.6. The van der Waals surface area contributed by atoms with Crippen LogP contribution >= 0.6 is 0 Å². The minimum atomic E-state index is 0.202. The van der Waals surface area contributed by atoms with E-state index in [2.05, 4.69) is 14.9 Å². The van der Waals surface area contributed by atoms with Gasteiger partial charge in [-0.15, -0.1) is 0 Å². The SMILES string of the molecule is Cc1nccn1-c1cncc([C@@H]2CCCN(CC(=O)N3CCOCC3)C2)n1. The van der Waals surface area contributed by atoms with E-state index in [0.717, 1.165) is 43.3 Å². The summed E-state index contributed by atoms with van der Waals surface area (Å²) in [5, 5.41) is 0. The van der Waals surface area contributed by atoms with E-state index >= 15 is 0 Å². The van der Waals surface area contributed by atoms with E-state index in [1.54, 1.807) is 12.4 Å². The molecule has 4 rings (SSSR count). The van der Waals surface area contributed by atoms with Gasteiger partial charge in [-0.3, -0.25) is 19.2 Å². The number of hydrogen-bond donors (Lipinski definition) is 0. The fourth-order valence-corrected chi connectivity index (χ4v) is 3.85. The maximum Gasteiger partial charge on any atom is 0.236 e. The van der Waals surface area contributed by atoms with Gasteiger partial charge in [-0.2, -0.15) is 0 Å². The van der Waals surface area contributed by atoms with Gasteiger partial charge < -0.3 is 9.64 Å². The predicted octanol–water partition coefficient (Wildman–Crippen LogP) is 1.01. The molecule has 2 saturated heterocycles. The lowest BCUT2D eigenvalue weighted by atomic mass is 9.95. The minimum Gasteiger partial charge on any atom is -0.378 e. The molecule has 1 atom stereocenters. The van der Waals surface area contributed by atoms with Gasteiger partial charge in [-0.05, 0) is 26.3 Å². The lowest BCUT2D eigenvalue weighted by Crippen LogP contribution is -2.47. The number of piperidine rings is 1. The van der Waals surface area contributed by atoms with Crippen molar-refractivity contribution in [3.8, 4) is 5.82 Å². The summed E-state index contributed by atoms with van der Waals surface area (Å²) in [5.74, 6) is 2.19. The Bertz CT molecular complexity index is 786. The summed E-state index contributed by atoms with van der Waals surface area (Å²) in [5.41, 5.74) is 0.990. The molecule has 1 amide bonds. The van der Waals surface area contributed by atoms with Crippen molar-refractivity contribution in [2.45, 2.75) is 25.7 Å². The standard InChI is InChI=1S/C19H26N6O2/c1-15-21-4-6-25(15)18-12-20-11-17(22-18)16-3-2-5-23(13-16)14-19(26)24-7-9-27-10-8-24/h4,6,11-12,16H,2-3,5,7-10,13-14H2,1H3/t16-/m1/s1. The summed E-state index contributed by atoms with van der Waals surface area (Å²) in [4.78, 5) is 30.2. The highest BCUT2D eigenvalue weighted by atomic mass is 16.5. The fraction of sp³-hybridized carbons (Fsp3) is 0.579. The van der Waals surface area contributed by atoms with Crippen molar-refractivity contribution < 1.29 is 9.53 Å². The zero-order valence-corrected chi connectivity index (χ0v) is 15.8. The van der Waals surface area contributed by atoms with Gasteiger partial charge in [0.1, 0.15) is 5.82 Å². The molecule has 144 valence electrons. The maximum absolute atomic E-state index is 12.5. The first-order valence-corrected chi connectivity index (χ1v) is 9.61. The van der Waals surface area contributed by atoms with Crippen LogP contribution in [0.1, 0.15) is 30.3 Å². The number of likely N-dealkylation sites (tertiary alicyclic amines) is 1. The van der Waals surface area contributed by atoms with Gasteiger partial charge in [0.15, 0.2) is 5.82 Å². The van der Waals surface area contributed by atoms with E-state index in [9.17, 15) is 4.79 Å². The first-order chi connectivity index (χ1) is 13.2. The number of aryl methyl sites for hydroxylation is 1. The molecule has 2 aromatic rings. The molecule has 0 bridgehead atoms. The number of amides is 1. The number of morpholine rings is 1. The van der Waals surface area contributed by atoms with E-state index in [1.165, 1.54) is 0 Å². The number of rotatable bonds is 4. The zero-order valence-electron chi connectivity index (χ0n) is 15.8. The molecular formula is C19H26N6O2. The molecule has 0 aromatic carbocycles. The Morgan fingerprint density at radius 3 is 2.89 bits per heavy atom. The van der Waals surface area contributed by atoms with Crippen LogP contribution in [-0.2, 0) is 9.53 Å². The Hall–Kier alpha value is -2.32. The Morgan fingerprint density at radius 2 is 2.11 bits per heavy atom. The van der Waals surface area contributed by atoms with Crippen LogP contribution in [-0.4, -0.2) is 81.2 Å². The van der Waals surface area contributed by atoms with Gasteiger partial charge in [0, 0.05) is 44.1 Å². The molecule has 0 N–H and O–H groups in total. The molecule has 27 heavy (non-hydrogen) atoms. The number of ether oxygens (including phenoxy) is 1. The number of nitrogens with zero attached hydrogens (tertiary/aromatic N) is 6. The van der Waals surface area contributed by atoms with Crippen molar-refractivity contribution >= 4 is 5.91 Å². The molecule has 2 aromatic heterocycles. The van der Waals surface area contributed by atoms with Crippen LogP contribution in [0.2, 0.25) is 0 Å². The average molecular weight is 370 g/mol. The van der Waals surface area contributed by atoms with Crippen molar-refractivity contribution in [2.75, 3.05) is 45.9 Å². The van der Waals surface area contributed by atoms with E-state index in [0.29, 0.717) is 38.8 Å². The van der Waals surface area contributed by atoms with Crippen LogP contribution in [0, 0.1) is 6.92 Å². The molecule has 0 saturated carbocycles. The first kappa shape index (κ1) is 18.1. The summed E-state index contributed by atoms with van der Waals surface area (Å²) < 4.78 is 7.28. The van der Waals surface area contributed by atoms with Crippen molar-refractivity contribution in [1.82, 2.24) is 29.3 Å². The highest BCUT2D eigenvalue weighted by Crippen LogP contribution is 2.26. The maximum atomic E-state index is 12.5. The summed E-state index contributed by atoms with van der Waals surface area (Å²) in [6.45, 7) is 6.92. The quantitative estimate of drug-likeness (QED) is 0.799. The Labute approximate surface area is 159 Å². The number of hydrogen-bond acceptors (Lipinski definition) is 6. The normalized spacial score (nSPS) is 21.4. The van der Waals surface area contributed by atoms with Crippen LogP contribution in [0.15, 0.2) is 24.8 Å². The largest absolute Gasteiger partial charge is 0.378 e. The third-order valence-corrected chi connectivity index (χ3v) is 5.36. The molecular weight excluding hydrogens is 344 g/mol. The molecule has 0 spiro atoms. The van der Waals surface area contributed by atoms with Crippen LogP contribution in [0.4, 0.5) is 0 Å². The van der Waals surface area contributed by atoms with Crippen LogP contribution in [0.25, 0.3) is 5.82 Å². The predicted molar refractivity (Wildman–Crippen MR) is 99.7 cm³/mol. The third kappa shape index (κ3) is 4.17. The monoisotopic (exact) mass is 370 g/mol. The Morgan fingerprint density at radius 1 is 1.26 bits per heavy atom. The summed E-state index contributed by atoms with van der Waals surface area (Å²) in [7, 11) is 0. The third-order valence-electron chi connectivity index (χ3n) is 5.36. The average Bonchev–Trinajstić information content (AvgIpc) is 3.15. The fourth-order valence-electron chi connectivity index (χ4n) is 3.85. The van der Waals surface area contributed by atoms with Crippen LogP contribution in [0.3, 0.4) is 0 Å². The highest BCUT2D eigenvalue weighted by Gasteiger charge is 2.26. The van der Waals surface area contributed by atoms with Gasteiger partial charge >= 0.3 is 0 Å². The van der Waals surface area contributed by atoms with Crippen molar-refractivity contribution in [3.63, 3.8) is 0 Å². The lowest BCUT2D eigenvalue weighted by molar-refractivity contribution is -0.136.